The van der Waals surface area contributed by atoms with Gasteiger partial charge in [0.1, 0.15) is 0 Å². The third kappa shape index (κ3) is 3.02. The number of fused-ring (bicyclic) bond motifs is 1. The molecule has 2 nitrogen and oxygen atoms in total. The molecule has 0 amide bonds. The molecule has 0 spiro atoms. The maximum atomic E-state index is 5.18. The van der Waals surface area contributed by atoms with Gasteiger partial charge in [-0.05, 0) is 53.6 Å². The van der Waals surface area contributed by atoms with E-state index in [1.165, 1.54) is 47.2 Å². The molecular formula is C18H21NO. The summed E-state index contributed by atoms with van der Waals surface area (Å²) in [5, 5.41) is 3.52. The molecule has 1 aliphatic carbocycles. The topological polar surface area (TPSA) is 21.3 Å². The van der Waals surface area contributed by atoms with E-state index >= 15 is 0 Å². The molecule has 1 aliphatic rings. The van der Waals surface area contributed by atoms with Crippen LogP contribution in [-0.2, 0) is 30.7 Å². The molecule has 2 heteroatoms. The van der Waals surface area contributed by atoms with Gasteiger partial charge in [0.2, 0.25) is 0 Å². The average Bonchev–Trinajstić information content (AvgIpc) is 2.93. The van der Waals surface area contributed by atoms with Gasteiger partial charge in [0.05, 0.1) is 6.61 Å². The van der Waals surface area contributed by atoms with Crippen molar-refractivity contribution in [1.82, 2.24) is 0 Å². The number of methoxy groups -OCH3 is 1. The molecule has 0 heterocycles. The number of rotatable bonds is 5. The highest BCUT2D eigenvalue weighted by Crippen LogP contribution is 2.25. The normalized spacial score (nSPS) is 13.2. The van der Waals surface area contributed by atoms with Crippen LogP contribution in [0.1, 0.15) is 28.7 Å². The highest BCUT2D eigenvalue weighted by Gasteiger charge is 2.10. The Morgan fingerprint density at radius 1 is 1.00 bits per heavy atom. The molecule has 0 aromatic heterocycles. The summed E-state index contributed by atoms with van der Waals surface area (Å²) < 4.78 is 5.18. The molecule has 20 heavy (non-hydrogen) atoms. The second-order valence-corrected chi connectivity index (χ2v) is 5.44. The first kappa shape index (κ1) is 13.2. The monoisotopic (exact) mass is 267 g/mol. The van der Waals surface area contributed by atoms with E-state index in [0.717, 1.165) is 6.54 Å². The van der Waals surface area contributed by atoms with Crippen LogP contribution in [0.25, 0.3) is 0 Å². The van der Waals surface area contributed by atoms with Crippen LogP contribution >= 0.6 is 0 Å². The van der Waals surface area contributed by atoms with E-state index < -0.39 is 0 Å². The van der Waals surface area contributed by atoms with Crippen LogP contribution in [-0.4, -0.2) is 7.11 Å². The molecule has 104 valence electrons. The lowest BCUT2D eigenvalue weighted by molar-refractivity contribution is 0.185. The van der Waals surface area contributed by atoms with Gasteiger partial charge < -0.3 is 10.1 Å². The zero-order chi connectivity index (χ0) is 13.8. The smallest absolute Gasteiger partial charge is 0.0713 e. The predicted molar refractivity (Wildman–Crippen MR) is 82.9 cm³/mol. The Bertz CT molecular complexity index is 592. The number of nitrogens with one attached hydrogen (secondary N) is 1. The fraction of sp³-hybridized carbons (Fsp3) is 0.333. The average molecular weight is 267 g/mol. The Hall–Kier alpha value is -1.80. The van der Waals surface area contributed by atoms with Gasteiger partial charge in [-0.25, -0.2) is 0 Å². The minimum atomic E-state index is 0.673. The van der Waals surface area contributed by atoms with Crippen LogP contribution in [0, 0.1) is 0 Å². The summed E-state index contributed by atoms with van der Waals surface area (Å²) in [5.41, 5.74) is 6.78. The van der Waals surface area contributed by atoms with Crippen LogP contribution in [0.2, 0.25) is 0 Å². The summed E-state index contributed by atoms with van der Waals surface area (Å²) in [7, 11) is 1.73. The van der Waals surface area contributed by atoms with Crippen molar-refractivity contribution in [1.29, 1.82) is 0 Å². The molecule has 2 aromatic carbocycles. The summed E-state index contributed by atoms with van der Waals surface area (Å²) in [6.45, 7) is 1.53. The zero-order valence-corrected chi connectivity index (χ0v) is 12.0. The zero-order valence-electron chi connectivity index (χ0n) is 12.0. The molecule has 0 unspecified atom stereocenters. The first-order chi connectivity index (χ1) is 9.85. The van der Waals surface area contributed by atoms with Crippen LogP contribution in [0.5, 0.6) is 0 Å². The molecule has 0 aliphatic heterocycles. The van der Waals surface area contributed by atoms with Gasteiger partial charge in [0, 0.05) is 19.3 Å². The number of hydrogen-bond acceptors (Lipinski definition) is 2. The fourth-order valence-corrected chi connectivity index (χ4v) is 2.88. The molecule has 0 fully saturated rings. The Kier molecular flexibility index (Phi) is 4.03. The third-order valence-corrected chi connectivity index (χ3v) is 3.90. The number of benzene rings is 2. The van der Waals surface area contributed by atoms with E-state index in [0.29, 0.717) is 6.61 Å². The Morgan fingerprint density at radius 2 is 1.85 bits per heavy atom. The van der Waals surface area contributed by atoms with Gasteiger partial charge in [0.15, 0.2) is 0 Å². The fourth-order valence-electron chi connectivity index (χ4n) is 2.88. The largest absolute Gasteiger partial charge is 0.381 e. The Morgan fingerprint density at radius 3 is 2.75 bits per heavy atom. The van der Waals surface area contributed by atoms with E-state index in [1.54, 1.807) is 7.11 Å². The van der Waals surface area contributed by atoms with Crippen molar-refractivity contribution >= 4 is 5.69 Å². The minimum Gasteiger partial charge on any atom is -0.381 e. The number of aryl methyl sites for hydroxylation is 2. The van der Waals surface area contributed by atoms with Crippen LogP contribution < -0.4 is 5.32 Å². The second kappa shape index (κ2) is 6.10. The van der Waals surface area contributed by atoms with Crippen molar-refractivity contribution in [2.24, 2.45) is 0 Å². The Balaban J connectivity index is 1.65. The van der Waals surface area contributed by atoms with Gasteiger partial charge in [-0.2, -0.15) is 0 Å². The predicted octanol–water partition coefficient (Wildman–Crippen LogP) is 3.93. The molecule has 3 rings (SSSR count). The summed E-state index contributed by atoms with van der Waals surface area (Å²) in [4.78, 5) is 0. The lowest BCUT2D eigenvalue weighted by Crippen LogP contribution is -2.01. The molecule has 2 aromatic rings. The van der Waals surface area contributed by atoms with E-state index in [1.807, 2.05) is 0 Å². The van der Waals surface area contributed by atoms with Crippen molar-refractivity contribution in [2.45, 2.75) is 32.4 Å². The van der Waals surface area contributed by atoms with Crippen molar-refractivity contribution in [3.63, 3.8) is 0 Å². The van der Waals surface area contributed by atoms with Crippen LogP contribution in [0.3, 0.4) is 0 Å². The molecule has 0 atom stereocenters. The van der Waals surface area contributed by atoms with Gasteiger partial charge >= 0.3 is 0 Å². The van der Waals surface area contributed by atoms with E-state index in [2.05, 4.69) is 47.8 Å². The highest BCUT2D eigenvalue weighted by molar-refractivity contribution is 5.50. The Labute approximate surface area is 120 Å². The second-order valence-electron chi connectivity index (χ2n) is 5.44. The standard InChI is InChI=1S/C18H21NO/c1-20-13-15-5-2-4-14(10-15)12-19-18-9-8-16-6-3-7-17(16)11-18/h2,4-5,8-11,19H,3,6-7,12-13H2,1H3. The van der Waals surface area contributed by atoms with E-state index in [4.69, 9.17) is 4.74 Å². The minimum absolute atomic E-state index is 0.673. The molecule has 0 bridgehead atoms. The van der Waals surface area contributed by atoms with Crippen LogP contribution in [0.4, 0.5) is 5.69 Å². The summed E-state index contributed by atoms with van der Waals surface area (Å²) in [6.07, 6.45) is 3.78. The molecule has 0 saturated carbocycles. The quantitative estimate of drug-likeness (QED) is 0.886. The van der Waals surface area contributed by atoms with Gasteiger partial charge in [-0.1, -0.05) is 30.3 Å². The number of ether oxygens (including phenoxy) is 1. The summed E-state index contributed by atoms with van der Waals surface area (Å²) >= 11 is 0. The maximum Gasteiger partial charge on any atom is 0.0713 e. The van der Waals surface area contributed by atoms with Crippen molar-refractivity contribution < 1.29 is 4.74 Å². The molecule has 1 N–H and O–H groups in total. The number of anilines is 1. The molecule has 0 radical (unpaired) electrons. The molecular weight excluding hydrogens is 246 g/mol. The maximum absolute atomic E-state index is 5.18. The highest BCUT2D eigenvalue weighted by atomic mass is 16.5. The number of hydrogen-bond donors (Lipinski definition) is 1. The third-order valence-electron chi connectivity index (χ3n) is 3.90. The lowest BCUT2D eigenvalue weighted by atomic mass is 10.1. The van der Waals surface area contributed by atoms with Crippen molar-refractivity contribution in [3.05, 3.63) is 64.7 Å². The van der Waals surface area contributed by atoms with Crippen LogP contribution in [0.15, 0.2) is 42.5 Å². The molecule has 0 saturated heterocycles. The van der Waals surface area contributed by atoms with E-state index in [-0.39, 0.29) is 0 Å². The summed E-state index contributed by atoms with van der Waals surface area (Å²) in [6, 6.07) is 15.3. The van der Waals surface area contributed by atoms with E-state index in [9.17, 15) is 0 Å². The summed E-state index contributed by atoms with van der Waals surface area (Å²) in [5.74, 6) is 0. The lowest BCUT2D eigenvalue weighted by Gasteiger charge is -2.10. The van der Waals surface area contributed by atoms with Crippen molar-refractivity contribution in [2.75, 3.05) is 12.4 Å². The van der Waals surface area contributed by atoms with Gasteiger partial charge in [-0.15, -0.1) is 0 Å². The first-order valence-electron chi connectivity index (χ1n) is 7.27. The van der Waals surface area contributed by atoms with Gasteiger partial charge in [0.25, 0.3) is 0 Å². The van der Waals surface area contributed by atoms with Crippen molar-refractivity contribution in [3.8, 4) is 0 Å². The first-order valence-corrected chi connectivity index (χ1v) is 7.27. The van der Waals surface area contributed by atoms with Gasteiger partial charge in [-0.3, -0.25) is 0 Å². The SMILES string of the molecule is COCc1cccc(CNc2ccc3c(c2)CCC3)c1.